The average molecular weight is 348 g/mol. The smallest absolute Gasteiger partial charge is 0.354 e. The number of hydrogen-bond donors (Lipinski definition) is 2. The molecule has 0 atom stereocenters. The molecule has 2 aromatic heterocycles. The summed E-state index contributed by atoms with van der Waals surface area (Å²) < 4.78 is 0. The minimum absolute atomic E-state index is 0.0293. The zero-order valence-corrected chi connectivity index (χ0v) is 15.5. The molecule has 1 aliphatic rings. The monoisotopic (exact) mass is 348 g/mol. The molecule has 0 radical (unpaired) electrons. The molecule has 0 unspecified atom stereocenters. The molecule has 4 heteroatoms. The van der Waals surface area contributed by atoms with Crippen molar-refractivity contribution in [2.75, 3.05) is 0 Å². The molecule has 2 heterocycles. The van der Waals surface area contributed by atoms with Gasteiger partial charge < -0.3 is 10.1 Å². The summed E-state index contributed by atoms with van der Waals surface area (Å²) in [4.78, 5) is 19.2. The van der Waals surface area contributed by atoms with Crippen molar-refractivity contribution in [1.29, 1.82) is 0 Å². The van der Waals surface area contributed by atoms with Gasteiger partial charge in [-0.3, -0.25) is 0 Å². The van der Waals surface area contributed by atoms with E-state index in [1.54, 1.807) is 6.07 Å². The van der Waals surface area contributed by atoms with Gasteiger partial charge in [-0.2, -0.15) is 0 Å². The first-order valence-corrected chi connectivity index (χ1v) is 9.17. The predicted octanol–water partition coefficient (Wildman–Crippen LogP) is 5.03. The normalized spacial score (nSPS) is 14.7. The summed E-state index contributed by atoms with van der Waals surface area (Å²) in [6.45, 7) is 6.60. The van der Waals surface area contributed by atoms with Crippen LogP contribution in [0.4, 0.5) is 0 Å². The van der Waals surface area contributed by atoms with Crippen LogP contribution in [0.3, 0.4) is 0 Å². The molecule has 0 amide bonds. The van der Waals surface area contributed by atoms with Gasteiger partial charge in [0.2, 0.25) is 0 Å². The van der Waals surface area contributed by atoms with Crippen molar-refractivity contribution in [2.45, 2.75) is 51.4 Å². The lowest BCUT2D eigenvalue weighted by Crippen LogP contribution is -2.14. The highest BCUT2D eigenvalue weighted by atomic mass is 16.4. The third-order valence-electron chi connectivity index (χ3n) is 5.11. The van der Waals surface area contributed by atoms with Crippen molar-refractivity contribution in [3.8, 4) is 0 Å². The van der Waals surface area contributed by atoms with Crippen LogP contribution >= 0.6 is 0 Å². The van der Waals surface area contributed by atoms with Crippen molar-refractivity contribution in [1.82, 2.24) is 9.97 Å². The van der Waals surface area contributed by atoms with Crippen molar-refractivity contribution in [3.63, 3.8) is 0 Å². The average Bonchev–Trinajstić information content (AvgIpc) is 3.37. The molecule has 0 aliphatic heterocycles. The van der Waals surface area contributed by atoms with Crippen LogP contribution < -0.4 is 0 Å². The van der Waals surface area contributed by atoms with E-state index in [1.807, 2.05) is 6.07 Å². The summed E-state index contributed by atoms with van der Waals surface area (Å²) >= 11 is 0. The summed E-state index contributed by atoms with van der Waals surface area (Å²) in [7, 11) is 0. The van der Waals surface area contributed by atoms with Gasteiger partial charge in [0.05, 0.1) is 0 Å². The van der Waals surface area contributed by atoms with Crippen LogP contribution in [0.5, 0.6) is 0 Å². The number of aromatic nitrogens is 2. The highest BCUT2D eigenvalue weighted by Gasteiger charge is 2.26. The van der Waals surface area contributed by atoms with Crippen molar-refractivity contribution in [3.05, 3.63) is 64.6 Å². The zero-order valence-electron chi connectivity index (χ0n) is 15.5. The molecular weight excluding hydrogens is 324 g/mol. The Hall–Kier alpha value is -2.62. The summed E-state index contributed by atoms with van der Waals surface area (Å²) in [6, 6.07) is 11.9. The van der Waals surface area contributed by atoms with E-state index >= 15 is 0 Å². The SMILES string of the molecule is CC(C)(C)c1[nH]c2cc(C3CC3)ccc2c1Cc1cccc(C(=O)O)n1. The third-order valence-corrected chi connectivity index (χ3v) is 5.11. The fourth-order valence-electron chi connectivity index (χ4n) is 3.65. The Morgan fingerprint density at radius 2 is 2.00 bits per heavy atom. The molecule has 0 saturated heterocycles. The Kier molecular flexibility index (Phi) is 3.87. The van der Waals surface area contributed by atoms with E-state index in [9.17, 15) is 9.90 Å². The van der Waals surface area contributed by atoms with Crippen LogP contribution in [0.2, 0.25) is 0 Å². The van der Waals surface area contributed by atoms with E-state index in [2.05, 4.69) is 48.9 Å². The molecule has 1 aliphatic carbocycles. The van der Waals surface area contributed by atoms with Gasteiger partial charge in [-0.15, -0.1) is 0 Å². The molecule has 1 fully saturated rings. The van der Waals surface area contributed by atoms with Crippen LogP contribution in [0.1, 0.15) is 72.5 Å². The lowest BCUT2D eigenvalue weighted by molar-refractivity contribution is 0.0690. The Balaban J connectivity index is 1.81. The summed E-state index contributed by atoms with van der Waals surface area (Å²) in [5.41, 5.74) is 5.84. The van der Waals surface area contributed by atoms with E-state index < -0.39 is 5.97 Å². The van der Waals surface area contributed by atoms with E-state index in [4.69, 9.17) is 0 Å². The van der Waals surface area contributed by atoms with Gasteiger partial charge in [0.15, 0.2) is 0 Å². The first-order valence-electron chi connectivity index (χ1n) is 9.17. The van der Waals surface area contributed by atoms with Crippen LogP contribution in [-0.4, -0.2) is 21.0 Å². The number of carboxylic acids is 1. The van der Waals surface area contributed by atoms with E-state index in [0.29, 0.717) is 6.42 Å². The molecule has 1 aromatic carbocycles. The molecule has 26 heavy (non-hydrogen) atoms. The molecule has 0 bridgehead atoms. The molecule has 4 rings (SSSR count). The molecule has 3 aromatic rings. The minimum atomic E-state index is -0.990. The zero-order chi connectivity index (χ0) is 18.5. The van der Waals surface area contributed by atoms with Crippen LogP contribution in [0, 0.1) is 0 Å². The highest BCUT2D eigenvalue weighted by Crippen LogP contribution is 2.42. The number of pyridine rings is 1. The summed E-state index contributed by atoms with van der Waals surface area (Å²) in [5.74, 6) is -0.269. The molecule has 134 valence electrons. The fraction of sp³-hybridized carbons (Fsp3) is 0.364. The number of hydrogen-bond acceptors (Lipinski definition) is 2. The first kappa shape index (κ1) is 16.8. The molecule has 0 spiro atoms. The number of aromatic amines is 1. The maximum Gasteiger partial charge on any atom is 0.354 e. The van der Waals surface area contributed by atoms with Crippen molar-refractivity contribution < 1.29 is 9.90 Å². The third kappa shape index (κ3) is 3.12. The molecular formula is C22H24N2O2. The predicted molar refractivity (Wildman–Crippen MR) is 103 cm³/mol. The lowest BCUT2D eigenvalue weighted by atomic mass is 9.87. The van der Waals surface area contributed by atoms with Gasteiger partial charge >= 0.3 is 5.97 Å². The number of carboxylic acid groups (broad SMARTS) is 1. The molecule has 1 saturated carbocycles. The number of fused-ring (bicyclic) bond motifs is 1. The Bertz CT molecular complexity index is 991. The Labute approximate surface area is 153 Å². The maximum atomic E-state index is 11.2. The molecule has 4 nitrogen and oxygen atoms in total. The van der Waals surface area contributed by atoms with Crippen molar-refractivity contribution in [2.24, 2.45) is 0 Å². The Morgan fingerprint density at radius 3 is 2.65 bits per heavy atom. The first-order chi connectivity index (χ1) is 12.3. The fourth-order valence-corrected chi connectivity index (χ4v) is 3.65. The largest absolute Gasteiger partial charge is 0.477 e. The molecule has 2 N–H and O–H groups in total. The summed E-state index contributed by atoms with van der Waals surface area (Å²) in [5, 5.41) is 10.4. The second kappa shape index (κ2) is 5.97. The number of carbonyl (C=O) groups is 1. The van der Waals surface area contributed by atoms with Gasteiger partial charge in [-0.1, -0.05) is 39.0 Å². The second-order valence-corrected chi connectivity index (χ2v) is 8.30. The summed E-state index contributed by atoms with van der Waals surface area (Å²) in [6.07, 6.45) is 3.20. The van der Waals surface area contributed by atoms with E-state index in [0.717, 1.165) is 11.6 Å². The number of nitrogens with zero attached hydrogens (tertiary/aromatic N) is 1. The van der Waals surface area contributed by atoms with Crippen LogP contribution in [-0.2, 0) is 11.8 Å². The van der Waals surface area contributed by atoms with Crippen molar-refractivity contribution >= 4 is 16.9 Å². The quantitative estimate of drug-likeness (QED) is 0.695. The van der Waals surface area contributed by atoms with E-state index in [-0.39, 0.29) is 11.1 Å². The number of rotatable bonds is 4. The van der Waals surface area contributed by atoms with Gasteiger partial charge in [-0.05, 0) is 48.1 Å². The minimum Gasteiger partial charge on any atom is -0.477 e. The Morgan fingerprint density at radius 1 is 1.23 bits per heavy atom. The van der Waals surface area contributed by atoms with Gasteiger partial charge in [0.25, 0.3) is 0 Å². The maximum absolute atomic E-state index is 11.2. The van der Waals surface area contributed by atoms with E-state index in [1.165, 1.54) is 46.6 Å². The topological polar surface area (TPSA) is 66.0 Å². The lowest BCUT2D eigenvalue weighted by Gasteiger charge is -2.19. The van der Waals surface area contributed by atoms with Crippen LogP contribution in [0.15, 0.2) is 36.4 Å². The number of aromatic carboxylic acids is 1. The second-order valence-electron chi connectivity index (χ2n) is 8.30. The number of benzene rings is 1. The van der Waals surface area contributed by atoms with Crippen LogP contribution in [0.25, 0.3) is 10.9 Å². The van der Waals surface area contributed by atoms with Gasteiger partial charge in [-0.25, -0.2) is 9.78 Å². The number of H-pyrrole nitrogens is 1. The highest BCUT2D eigenvalue weighted by molar-refractivity contribution is 5.87. The number of nitrogens with one attached hydrogen (secondary N) is 1. The standard InChI is InChI=1S/C22H24N2O2/c1-22(2,3)20-17(12-15-5-4-6-18(23-15)21(25)26)16-10-9-14(13-7-8-13)11-19(16)24-20/h4-6,9-11,13,24H,7-8,12H2,1-3H3,(H,25,26). The van der Waals surface area contributed by atoms with Gasteiger partial charge in [0, 0.05) is 34.1 Å². The van der Waals surface area contributed by atoms with Gasteiger partial charge in [0.1, 0.15) is 5.69 Å².